The quantitative estimate of drug-likeness (QED) is 0.849. The maximum atomic E-state index is 12.7. The highest BCUT2D eigenvalue weighted by Crippen LogP contribution is 2.48. The molecule has 3 aliphatic rings. The van der Waals surface area contributed by atoms with Crippen LogP contribution in [-0.4, -0.2) is 27.6 Å². The van der Waals surface area contributed by atoms with E-state index in [9.17, 15) is 9.59 Å². The van der Waals surface area contributed by atoms with Gasteiger partial charge >= 0.3 is 0 Å². The summed E-state index contributed by atoms with van der Waals surface area (Å²) in [5.41, 5.74) is 3.00. The normalized spacial score (nSPS) is 23.6. The van der Waals surface area contributed by atoms with Crippen LogP contribution in [0.2, 0.25) is 0 Å². The number of hydrogen-bond acceptors (Lipinski definition) is 4. The number of rotatable bonds is 5. The van der Waals surface area contributed by atoms with Gasteiger partial charge in [0.15, 0.2) is 0 Å². The van der Waals surface area contributed by atoms with Gasteiger partial charge in [0.05, 0.1) is 11.8 Å². The molecule has 2 aromatic rings. The average Bonchev–Trinajstić information content (AvgIpc) is 3.45. The van der Waals surface area contributed by atoms with E-state index in [0.717, 1.165) is 60.2 Å². The topological polar surface area (TPSA) is 76.0 Å². The summed E-state index contributed by atoms with van der Waals surface area (Å²) < 4.78 is 1.77. The fourth-order valence-electron chi connectivity index (χ4n) is 3.91. The van der Waals surface area contributed by atoms with Crippen LogP contribution in [-0.2, 0) is 24.7 Å². The van der Waals surface area contributed by atoms with Crippen LogP contribution < -0.4 is 10.6 Å². The molecule has 3 aliphatic carbocycles. The molecule has 2 saturated carbocycles. The molecule has 0 spiro atoms. The number of carbonyl (C=O) groups excluding carboxylic acids is 2. The third-order valence-corrected chi connectivity index (χ3v) is 6.79. The van der Waals surface area contributed by atoms with E-state index >= 15 is 0 Å². The summed E-state index contributed by atoms with van der Waals surface area (Å²) in [4.78, 5) is 26.7. The summed E-state index contributed by atoms with van der Waals surface area (Å²) in [5.74, 6) is 0.246. The number of carbonyl (C=O) groups is 2. The van der Waals surface area contributed by atoms with Crippen molar-refractivity contribution in [3.05, 3.63) is 34.0 Å². The van der Waals surface area contributed by atoms with Crippen molar-refractivity contribution in [2.75, 3.05) is 5.32 Å². The lowest BCUT2D eigenvalue weighted by Crippen LogP contribution is -2.27. The second-order valence-electron chi connectivity index (χ2n) is 7.69. The van der Waals surface area contributed by atoms with Crippen molar-refractivity contribution in [2.45, 2.75) is 50.5 Å². The minimum atomic E-state index is -0.0181. The number of amides is 2. The zero-order valence-corrected chi connectivity index (χ0v) is 15.6. The van der Waals surface area contributed by atoms with Gasteiger partial charge in [-0.2, -0.15) is 5.10 Å². The summed E-state index contributed by atoms with van der Waals surface area (Å²) in [6.45, 7) is 0. The van der Waals surface area contributed by atoms with E-state index in [2.05, 4.69) is 15.7 Å². The number of anilines is 1. The molecule has 6 nitrogen and oxygen atoms in total. The summed E-state index contributed by atoms with van der Waals surface area (Å²) in [6.07, 6.45) is 9.86. The van der Waals surface area contributed by atoms with Gasteiger partial charge in [0.25, 0.3) is 5.91 Å². The van der Waals surface area contributed by atoms with Gasteiger partial charge in [-0.25, -0.2) is 0 Å². The molecule has 2 aromatic heterocycles. The molecule has 2 amide bonds. The monoisotopic (exact) mass is 370 g/mol. The first-order valence-corrected chi connectivity index (χ1v) is 10.2. The van der Waals surface area contributed by atoms with Crippen LogP contribution in [0.1, 0.15) is 58.0 Å². The highest BCUT2D eigenvalue weighted by Gasteiger charge is 2.45. The van der Waals surface area contributed by atoms with Crippen molar-refractivity contribution < 1.29 is 9.59 Å². The SMILES string of the molecule is Cn1cc([C@H]2C[C@@H]2C(=O)Nc2sc3c(c2C(=O)NC2CC2)CCC3)cn1. The molecule has 2 N–H and O–H groups in total. The van der Waals surface area contributed by atoms with E-state index in [0.29, 0.717) is 6.04 Å². The first-order valence-electron chi connectivity index (χ1n) is 9.35. The van der Waals surface area contributed by atoms with Crippen molar-refractivity contribution in [3.63, 3.8) is 0 Å². The molecule has 0 radical (unpaired) electrons. The van der Waals surface area contributed by atoms with Crippen LogP contribution in [0.5, 0.6) is 0 Å². The molecular formula is C19H22N4O2S. The first-order chi connectivity index (χ1) is 12.6. The van der Waals surface area contributed by atoms with E-state index < -0.39 is 0 Å². The van der Waals surface area contributed by atoms with Gasteiger partial charge in [0, 0.05) is 30.1 Å². The second-order valence-corrected chi connectivity index (χ2v) is 8.80. The number of thiophene rings is 1. The minimum absolute atomic E-state index is 0.0122. The molecule has 0 aromatic carbocycles. The maximum absolute atomic E-state index is 12.7. The Balaban J connectivity index is 1.34. The fourth-order valence-corrected chi connectivity index (χ4v) is 5.20. The van der Waals surface area contributed by atoms with Crippen LogP contribution in [0, 0.1) is 5.92 Å². The zero-order chi connectivity index (χ0) is 17.8. The molecule has 0 aliphatic heterocycles. The minimum Gasteiger partial charge on any atom is -0.349 e. The molecule has 0 bridgehead atoms. The summed E-state index contributed by atoms with van der Waals surface area (Å²) >= 11 is 1.59. The Labute approximate surface area is 156 Å². The molecule has 26 heavy (non-hydrogen) atoms. The van der Waals surface area contributed by atoms with Crippen LogP contribution in [0.15, 0.2) is 12.4 Å². The number of aryl methyl sites for hydroxylation is 2. The fraction of sp³-hybridized carbons (Fsp3) is 0.526. The van der Waals surface area contributed by atoms with Crippen LogP contribution in [0.4, 0.5) is 5.00 Å². The standard InChI is InChI=1S/C19H22N4O2S/c1-23-9-10(8-20-23)13-7-14(13)17(24)22-19-16(18(25)21-11-5-6-11)12-3-2-4-15(12)26-19/h8-9,11,13-14H,2-7H2,1H3,(H,21,25)(H,22,24)/t13-,14+/m1/s1. The van der Waals surface area contributed by atoms with Gasteiger partial charge in [-0.15, -0.1) is 11.3 Å². The van der Waals surface area contributed by atoms with Crippen molar-refractivity contribution in [3.8, 4) is 0 Å². The maximum Gasteiger partial charge on any atom is 0.254 e. The lowest BCUT2D eigenvalue weighted by Gasteiger charge is -2.09. The lowest BCUT2D eigenvalue weighted by molar-refractivity contribution is -0.117. The Morgan fingerprint density at radius 3 is 2.88 bits per heavy atom. The van der Waals surface area contributed by atoms with Gasteiger partial charge in [0.2, 0.25) is 5.91 Å². The third-order valence-electron chi connectivity index (χ3n) is 5.58. The smallest absolute Gasteiger partial charge is 0.254 e. The highest BCUT2D eigenvalue weighted by molar-refractivity contribution is 7.17. The van der Waals surface area contributed by atoms with Gasteiger partial charge < -0.3 is 10.6 Å². The molecule has 7 heteroatoms. The molecule has 2 fully saturated rings. The predicted molar refractivity (Wildman–Crippen MR) is 99.5 cm³/mol. The number of nitrogens with one attached hydrogen (secondary N) is 2. The van der Waals surface area contributed by atoms with Crippen molar-refractivity contribution in [1.29, 1.82) is 0 Å². The van der Waals surface area contributed by atoms with Crippen LogP contribution in [0.3, 0.4) is 0 Å². The van der Waals surface area contributed by atoms with E-state index in [1.807, 2.05) is 19.4 Å². The first kappa shape index (κ1) is 16.1. The molecular weight excluding hydrogens is 348 g/mol. The van der Waals surface area contributed by atoms with Gasteiger partial charge in [0.1, 0.15) is 5.00 Å². The van der Waals surface area contributed by atoms with Crippen LogP contribution >= 0.6 is 11.3 Å². The Bertz CT molecular complexity index is 895. The Hall–Kier alpha value is -2.15. The highest BCUT2D eigenvalue weighted by atomic mass is 32.1. The second kappa shape index (κ2) is 5.94. The van der Waals surface area contributed by atoms with Crippen molar-refractivity contribution in [2.24, 2.45) is 13.0 Å². The number of aromatic nitrogens is 2. The predicted octanol–water partition coefficient (Wildman–Crippen LogP) is 2.60. The van der Waals surface area contributed by atoms with E-state index in [4.69, 9.17) is 0 Å². The van der Waals surface area contributed by atoms with Crippen LogP contribution in [0.25, 0.3) is 0 Å². The zero-order valence-electron chi connectivity index (χ0n) is 14.7. The Morgan fingerprint density at radius 2 is 2.15 bits per heavy atom. The number of nitrogens with zero attached hydrogens (tertiary/aromatic N) is 2. The molecule has 2 atom stereocenters. The third kappa shape index (κ3) is 2.84. The van der Waals surface area contributed by atoms with E-state index in [1.165, 1.54) is 4.88 Å². The Kier molecular flexibility index (Phi) is 3.67. The molecule has 2 heterocycles. The van der Waals surface area contributed by atoms with Gasteiger partial charge in [-0.1, -0.05) is 0 Å². The molecule has 136 valence electrons. The van der Waals surface area contributed by atoms with Crippen molar-refractivity contribution >= 4 is 28.2 Å². The lowest BCUT2D eigenvalue weighted by atomic mass is 10.1. The van der Waals surface area contributed by atoms with Gasteiger partial charge in [-0.05, 0) is 55.6 Å². The summed E-state index contributed by atoms with van der Waals surface area (Å²) in [7, 11) is 1.89. The largest absolute Gasteiger partial charge is 0.349 e. The average molecular weight is 370 g/mol. The summed E-state index contributed by atoms with van der Waals surface area (Å²) in [6, 6.07) is 0.321. The number of hydrogen-bond donors (Lipinski definition) is 2. The number of fused-ring (bicyclic) bond motifs is 1. The van der Waals surface area contributed by atoms with E-state index in [-0.39, 0.29) is 23.7 Å². The summed E-state index contributed by atoms with van der Waals surface area (Å²) in [5, 5.41) is 11.1. The van der Waals surface area contributed by atoms with Gasteiger partial charge in [-0.3, -0.25) is 14.3 Å². The van der Waals surface area contributed by atoms with Crippen molar-refractivity contribution in [1.82, 2.24) is 15.1 Å². The molecule has 0 unspecified atom stereocenters. The molecule has 0 saturated heterocycles. The van der Waals surface area contributed by atoms with E-state index in [1.54, 1.807) is 16.0 Å². The molecule has 5 rings (SSSR count). The Morgan fingerprint density at radius 1 is 1.31 bits per heavy atom.